The van der Waals surface area contributed by atoms with Crippen LogP contribution in [0.25, 0.3) is 5.69 Å². The van der Waals surface area contributed by atoms with Gasteiger partial charge in [-0.15, -0.1) is 0 Å². The predicted molar refractivity (Wildman–Crippen MR) is 81.1 cm³/mol. The highest BCUT2D eigenvalue weighted by molar-refractivity contribution is 5.93. The largest absolute Gasteiger partial charge is 0.477 e. The molecule has 1 fully saturated rings. The maximum Gasteiger partial charge on any atom is 0.341 e. The van der Waals surface area contributed by atoms with Crippen LogP contribution in [0.2, 0.25) is 0 Å². The number of para-hydroxylation sites is 1. The Labute approximate surface area is 123 Å². The summed E-state index contributed by atoms with van der Waals surface area (Å²) in [7, 11) is 0. The van der Waals surface area contributed by atoms with Crippen LogP contribution in [0.15, 0.2) is 36.5 Å². The summed E-state index contributed by atoms with van der Waals surface area (Å²) in [6.07, 6.45) is 3.72. The van der Waals surface area contributed by atoms with Gasteiger partial charge in [0, 0.05) is 13.1 Å². The summed E-state index contributed by atoms with van der Waals surface area (Å²) in [6, 6.07) is 9.68. The topological polar surface area (TPSA) is 58.4 Å². The van der Waals surface area contributed by atoms with Gasteiger partial charge in [-0.3, -0.25) is 0 Å². The van der Waals surface area contributed by atoms with Crippen molar-refractivity contribution in [2.75, 3.05) is 18.0 Å². The molecule has 1 unspecified atom stereocenters. The molecule has 1 atom stereocenters. The Kier molecular flexibility index (Phi) is 3.64. The van der Waals surface area contributed by atoms with Gasteiger partial charge in [-0.2, -0.15) is 5.10 Å². The van der Waals surface area contributed by atoms with Crippen LogP contribution in [-0.2, 0) is 0 Å². The number of rotatable bonds is 3. The van der Waals surface area contributed by atoms with Gasteiger partial charge in [0.1, 0.15) is 11.4 Å². The Morgan fingerprint density at radius 3 is 2.76 bits per heavy atom. The first-order chi connectivity index (χ1) is 10.2. The number of benzene rings is 1. The molecule has 21 heavy (non-hydrogen) atoms. The third kappa shape index (κ3) is 2.63. The maximum absolute atomic E-state index is 11.5. The van der Waals surface area contributed by atoms with Crippen molar-refractivity contribution in [2.24, 2.45) is 5.92 Å². The third-order valence-corrected chi connectivity index (χ3v) is 3.93. The van der Waals surface area contributed by atoms with Crippen molar-refractivity contribution in [1.29, 1.82) is 0 Å². The molecule has 1 saturated heterocycles. The molecule has 0 bridgehead atoms. The fourth-order valence-electron chi connectivity index (χ4n) is 2.94. The number of carboxylic acid groups (broad SMARTS) is 1. The fraction of sp³-hybridized carbons (Fsp3) is 0.375. The minimum atomic E-state index is -0.926. The van der Waals surface area contributed by atoms with Gasteiger partial charge in [0.15, 0.2) is 0 Å². The fourth-order valence-corrected chi connectivity index (χ4v) is 2.94. The number of nitrogens with zero attached hydrogens (tertiary/aromatic N) is 3. The van der Waals surface area contributed by atoms with Crippen LogP contribution >= 0.6 is 0 Å². The van der Waals surface area contributed by atoms with E-state index in [2.05, 4.69) is 16.9 Å². The molecule has 0 radical (unpaired) electrons. The quantitative estimate of drug-likeness (QED) is 0.942. The van der Waals surface area contributed by atoms with E-state index < -0.39 is 5.97 Å². The van der Waals surface area contributed by atoms with Gasteiger partial charge in [-0.1, -0.05) is 25.1 Å². The van der Waals surface area contributed by atoms with Crippen LogP contribution in [0.3, 0.4) is 0 Å². The summed E-state index contributed by atoms with van der Waals surface area (Å²) in [5, 5.41) is 13.7. The molecule has 0 aliphatic carbocycles. The number of hydrogen-bond acceptors (Lipinski definition) is 3. The van der Waals surface area contributed by atoms with Crippen molar-refractivity contribution in [3.63, 3.8) is 0 Å². The normalized spacial score (nSPS) is 18.7. The highest BCUT2D eigenvalue weighted by Crippen LogP contribution is 2.28. The van der Waals surface area contributed by atoms with Gasteiger partial charge in [0.2, 0.25) is 0 Å². The zero-order valence-corrected chi connectivity index (χ0v) is 12.1. The van der Waals surface area contributed by atoms with Crippen LogP contribution in [-0.4, -0.2) is 33.9 Å². The number of carbonyl (C=O) groups is 1. The smallest absolute Gasteiger partial charge is 0.341 e. The van der Waals surface area contributed by atoms with Crippen molar-refractivity contribution in [1.82, 2.24) is 9.78 Å². The summed E-state index contributed by atoms with van der Waals surface area (Å²) in [4.78, 5) is 13.7. The minimum absolute atomic E-state index is 0.271. The lowest BCUT2D eigenvalue weighted by Gasteiger charge is -2.33. The Morgan fingerprint density at radius 2 is 2.10 bits per heavy atom. The van der Waals surface area contributed by atoms with Gasteiger partial charge < -0.3 is 10.0 Å². The molecule has 1 aromatic carbocycles. The van der Waals surface area contributed by atoms with Gasteiger partial charge in [-0.25, -0.2) is 9.48 Å². The van der Waals surface area contributed by atoms with Crippen molar-refractivity contribution < 1.29 is 9.90 Å². The lowest BCUT2D eigenvalue weighted by molar-refractivity contribution is 0.0697. The first-order valence-electron chi connectivity index (χ1n) is 7.28. The molecule has 110 valence electrons. The molecular weight excluding hydrogens is 266 g/mol. The molecule has 1 N–H and O–H groups in total. The first-order valence-corrected chi connectivity index (χ1v) is 7.28. The second-order valence-electron chi connectivity index (χ2n) is 5.63. The number of anilines is 1. The molecule has 0 saturated carbocycles. The SMILES string of the molecule is CC1CCCN(c2c(C(=O)O)cnn2-c2ccccc2)C1. The third-order valence-electron chi connectivity index (χ3n) is 3.93. The zero-order chi connectivity index (χ0) is 14.8. The first kappa shape index (κ1) is 13.7. The van der Waals surface area contributed by atoms with E-state index in [0.717, 1.165) is 25.2 Å². The number of hydrogen-bond donors (Lipinski definition) is 1. The molecule has 1 aliphatic heterocycles. The van der Waals surface area contributed by atoms with E-state index in [1.54, 1.807) is 4.68 Å². The van der Waals surface area contributed by atoms with Gasteiger partial charge in [0.25, 0.3) is 0 Å². The zero-order valence-electron chi connectivity index (χ0n) is 12.1. The van der Waals surface area contributed by atoms with E-state index >= 15 is 0 Å². The highest BCUT2D eigenvalue weighted by Gasteiger charge is 2.26. The van der Waals surface area contributed by atoms with E-state index in [0.29, 0.717) is 11.7 Å². The summed E-state index contributed by atoms with van der Waals surface area (Å²) in [5.41, 5.74) is 1.16. The Balaban J connectivity index is 2.07. The molecule has 0 amide bonds. The Hall–Kier alpha value is -2.30. The molecule has 1 aliphatic rings. The van der Waals surface area contributed by atoms with E-state index in [9.17, 15) is 9.90 Å². The van der Waals surface area contributed by atoms with Crippen LogP contribution < -0.4 is 4.90 Å². The van der Waals surface area contributed by atoms with Crippen molar-refractivity contribution in [3.05, 3.63) is 42.1 Å². The average Bonchev–Trinajstić information content (AvgIpc) is 2.93. The van der Waals surface area contributed by atoms with E-state index in [-0.39, 0.29) is 5.56 Å². The van der Waals surface area contributed by atoms with Gasteiger partial charge >= 0.3 is 5.97 Å². The molecule has 5 nitrogen and oxygen atoms in total. The van der Waals surface area contributed by atoms with E-state index in [1.807, 2.05) is 30.3 Å². The summed E-state index contributed by atoms with van der Waals surface area (Å²) >= 11 is 0. The maximum atomic E-state index is 11.5. The summed E-state index contributed by atoms with van der Waals surface area (Å²) in [6.45, 7) is 3.96. The minimum Gasteiger partial charge on any atom is -0.477 e. The highest BCUT2D eigenvalue weighted by atomic mass is 16.4. The van der Waals surface area contributed by atoms with Crippen LogP contribution in [0, 0.1) is 5.92 Å². The molecule has 2 heterocycles. The van der Waals surface area contributed by atoms with E-state index in [1.165, 1.54) is 12.6 Å². The average molecular weight is 285 g/mol. The predicted octanol–water partition coefficient (Wildman–Crippen LogP) is 2.81. The number of piperidine rings is 1. The number of aromatic nitrogens is 2. The van der Waals surface area contributed by atoms with Gasteiger partial charge in [-0.05, 0) is 30.9 Å². The van der Waals surface area contributed by atoms with Gasteiger partial charge in [0.05, 0.1) is 11.9 Å². The molecule has 5 heteroatoms. The molecule has 2 aromatic rings. The molecule has 3 rings (SSSR count). The number of aromatic carboxylic acids is 1. The van der Waals surface area contributed by atoms with Crippen molar-refractivity contribution in [2.45, 2.75) is 19.8 Å². The molecule has 0 spiro atoms. The summed E-state index contributed by atoms with van der Waals surface area (Å²) < 4.78 is 1.74. The monoisotopic (exact) mass is 285 g/mol. The second kappa shape index (κ2) is 5.60. The lowest BCUT2D eigenvalue weighted by Crippen LogP contribution is -2.36. The Bertz CT molecular complexity index is 636. The lowest BCUT2D eigenvalue weighted by atomic mass is 10.00. The number of carboxylic acids is 1. The standard InChI is InChI=1S/C16H19N3O2/c1-12-6-5-9-18(11-12)15-14(16(20)21)10-17-19(15)13-7-3-2-4-8-13/h2-4,7-8,10,12H,5-6,9,11H2,1H3,(H,20,21). The Morgan fingerprint density at radius 1 is 1.33 bits per heavy atom. The second-order valence-corrected chi connectivity index (χ2v) is 5.63. The van der Waals surface area contributed by atoms with Crippen LogP contribution in [0.5, 0.6) is 0 Å². The van der Waals surface area contributed by atoms with Crippen LogP contribution in [0.1, 0.15) is 30.1 Å². The van der Waals surface area contributed by atoms with Crippen molar-refractivity contribution >= 4 is 11.8 Å². The summed E-state index contributed by atoms with van der Waals surface area (Å²) in [5.74, 6) is 0.338. The molecule has 1 aromatic heterocycles. The van der Waals surface area contributed by atoms with Crippen molar-refractivity contribution in [3.8, 4) is 5.69 Å². The van der Waals surface area contributed by atoms with Crippen LogP contribution in [0.4, 0.5) is 5.82 Å². The van der Waals surface area contributed by atoms with E-state index in [4.69, 9.17) is 0 Å². The molecular formula is C16H19N3O2.